The maximum atomic E-state index is 11.0. The molecule has 0 aliphatic rings. The second-order valence-electron chi connectivity index (χ2n) is 10.2. The van der Waals surface area contributed by atoms with Crippen LogP contribution in [0.5, 0.6) is 11.5 Å². The minimum atomic E-state index is -0.976. The lowest BCUT2D eigenvalue weighted by molar-refractivity contribution is -0.131. The number of hydrogen-bond donors (Lipinski definition) is 1. The van der Waals surface area contributed by atoms with Crippen LogP contribution in [0.4, 0.5) is 0 Å². The highest BCUT2D eigenvalue weighted by atomic mass is 16.5. The largest absolute Gasteiger partial charge is 0.496 e. The Morgan fingerprint density at radius 2 is 1.69 bits per heavy atom. The second-order valence-corrected chi connectivity index (χ2v) is 10.2. The summed E-state index contributed by atoms with van der Waals surface area (Å²) in [4.78, 5) is 11.0. The quantitative estimate of drug-likeness (QED) is 0.349. The maximum Gasteiger partial charge on any atom is 0.328 e. The number of ether oxygens (including phenoxy) is 2. The molecule has 0 bridgehead atoms. The molecule has 0 atom stereocenters. The zero-order chi connectivity index (χ0) is 24.1. The van der Waals surface area contributed by atoms with E-state index in [1.54, 1.807) is 13.2 Å². The van der Waals surface area contributed by atoms with Gasteiger partial charge in [0.2, 0.25) is 0 Å². The SMILES string of the molecule is CCCCOc1c(-c2cc(C=CC(=O)O)ccc2OC)cc(C(C)(C)C)cc1C(C)(C)C. The number of carbonyl (C=O) groups is 1. The van der Waals surface area contributed by atoms with E-state index < -0.39 is 5.97 Å². The van der Waals surface area contributed by atoms with E-state index >= 15 is 0 Å². The Labute approximate surface area is 193 Å². The summed E-state index contributed by atoms with van der Waals surface area (Å²) >= 11 is 0. The number of benzene rings is 2. The van der Waals surface area contributed by atoms with Crippen LogP contribution in [0.25, 0.3) is 17.2 Å². The summed E-state index contributed by atoms with van der Waals surface area (Å²) in [6, 6.07) is 10.2. The average Bonchev–Trinajstić information content (AvgIpc) is 2.70. The van der Waals surface area contributed by atoms with Gasteiger partial charge >= 0.3 is 5.97 Å². The zero-order valence-electron chi connectivity index (χ0n) is 20.8. The molecule has 0 aliphatic heterocycles. The van der Waals surface area contributed by atoms with Crippen molar-refractivity contribution in [2.45, 2.75) is 72.1 Å². The van der Waals surface area contributed by atoms with Crippen molar-refractivity contribution in [2.75, 3.05) is 13.7 Å². The van der Waals surface area contributed by atoms with Crippen LogP contribution in [0.15, 0.2) is 36.4 Å². The van der Waals surface area contributed by atoms with Crippen LogP contribution >= 0.6 is 0 Å². The zero-order valence-corrected chi connectivity index (χ0v) is 20.8. The summed E-state index contributed by atoms with van der Waals surface area (Å²) in [5.74, 6) is 0.621. The minimum Gasteiger partial charge on any atom is -0.496 e. The van der Waals surface area contributed by atoms with Crippen molar-refractivity contribution in [1.29, 1.82) is 0 Å². The van der Waals surface area contributed by atoms with Gasteiger partial charge in [0.05, 0.1) is 13.7 Å². The molecule has 0 radical (unpaired) electrons. The molecule has 4 heteroatoms. The van der Waals surface area contributed by atoms with Crippen LogP contribution in [-0.2, 0) is 15.6 Å². The Hall–Kier alpha value is -2.75. The molecular weight excluding hydrogens is 400 g/mol. The number of methoxy groups -OCH3 is 1. The lowest BCUT2D eigenvalue weighted by Gasteiger charge is -2.30. The van der Waals surface area contributed by atoms with Crippen molar-refractivity contribution >= 4 is 12.0 Å². The molecule has 2 rings (SSSR count). The van der Waals surface area contributed by atoms with Gasteiger partial charge in [-0.2, -0.15) is 0 Å². The Morgan fingerprint density at radius 3 is 2.22 bits per heavy atom. The fourth-order valence-corrected chi connectivity index (χ4v) is 3.50. The summed E-state index contributed by atoms with van der Waals surface area (Å²) in [7, 11) is 1.65. The highest BCUT2D eigenvalue weighted by Gasteiger charge is 2.27. The van der Waals surface area contributed by atoms with Gasteiger partial charge in [-0.1, -0.05) is 67.0 Å². The van der Waals surface area contributed by atoms with Gasteiger partial charge < -0.3 is 14.6 Å². The van der Waals surface area contributed by atoms with Crippen molar-refractivity contribution in [2.24, 2.45) is 0 Å². The Bertz CT molecular complexity index is 972. The Morgan fingerprint density at radius 1 is 1.00 bits per heavy atom. The van der Waals surface area contributed by atoms with E-state index in [0.717, 1.165) is 52.7 Å². The van der Waals surface area contributed by atoms with Gasteiger partial charge in [0.1, 0.15) is 11.5 Å². The van der Waals surface area contributed by atoms with E-state index in [1.807, 2.05) is 18.2 Å². The number of rotatable bonds is 8. The highest BCUT2D eigenvalue weighted by molar-refractivity contribution is 5.86. The third-order valence-corrected chi connectivity index (χ3v) is 5.44. The van der Waals surface area contributed by atoms with E-state index in [9.17, 15) is 4.79 Å². The minimum absolute atomic E-state index is 0.0508. The number of unbranched alkanes of at least 4 members (excludes halogenated alkanes) is 1. The summed E-state index contributed by atoms with van der Waals surface area (Å²) in [6.07, 6.45) is 4.78. The predicted molar refractivity (Wildman–Crippen MR) is 133 cm³/mol. The fourth-order valence-electron chi connectivity index (χ4n) is 3.50. The molecule has 0 fully saturated rings. The molecule has 0 saturated carbocycles. The van der Waals surface area contributed by atoms with Crippen LogP contribution in [0.3, 0.4) is 0 Å². The lowest BCUT2D eigenvalue weighted by Crippen LogP contribution is -2.19. The third-order valence-electron chi connectivity index (χ3n) is 5.44. The first-order valence-corrected chi connectivity index (χ1v) is 11.3. The van der Waals surface area contributed by atoms with Gasteiger partial charge in [-0.15, -0.1) is 0 Å². The van der Waals surface area contributed by atoms with Crippen molar-refractivity contribution in [3.63, 3.8) is 0 Å². The van der Waals surface area contributed by atoms with Gasteiger partial charge in [0.25, 0.3) is 0 Å². The molecule has 2 aromatic rings. The topological polar surface area (TPSA) is 55.8 Å². The molecular formula is C28H38O4. The molecule has 32 heavy (non-hydrogen) atoms. The van der Waals surface area contributed by atoms with Crippen LogP contribution < -0.4 is 9.47 Å². The van der Waals surface area contributed by atoms with E-state index in [0.29, 0.717) is 6.61 Å². The Kier molecular flexibility index (Phi) is 8.17. The first kappa shape index (κ1) is 25.5. The normalized spacial score (nSPS) is 12.2. The predicted octanol–water partition coefficient (Wildman–Crippen LogP) is 7.23. The monoisotopic (exact) mass is 438 g/mol. The lowest BCUT2D eigenvalue weighted by atomic mass is 9.78. The van der Waals surface area contributed by atoms with E-state index in [1.165, 1.54) is 5.56 Å². The molecule has 2 aromatic carbocycles. The van der Waals surface area contributed by atoms with Crippen molar-refractivity contribution in [1.82, 2.24) is 0 Å². The van der Waals surface area contributed by atoms with Gasteiger partial charge in [-0.05, 0) is 52.7 Å². The second kappa shape index (κ2) is 10.2. The summed E-state index contributed by atoms with van der Waals surface area (Å²) < 4.78 is 12.1. The molecule has 1 N–H and O–H groups in total. The van der Waals surface area contributed by atoms with Gasteiger partial charge in [-0.25, -0.2) is 4.79 Å². The summed E-state index contributed by atoms with van der Waals surface area (Å²) in [5, 5.41) is 9.05. The van der Waals surface area contributed by atoms with Crippen LogP contribution in [0.2, 0.25) is 0 Å². The van der Waals surface area contributed by atoms with Crippen molar-refractivity contribution < 1.29 is 19.4 Å². The molecule has 0 aromatic heterocycles. The van der Waals surface area contributed by atoms with Crippen LogP contribution in [0.1, 0.15) is 78.0 Å². The maximum absolute atomic E-state index is 11.0. The number of carboxylic acid groups (broad SMARTS) is 1. The smallest absolute Gasteiger partial charge is 0.328 e. The molecule has 0 saturated heterocycles. The average molecular weight is 439 g/mol. The molecule has 0 spiro atoms. The standard InChI is InChI=1S/C28H38O4/c1-9-10-15-32-26-22(17-20(27(2,3)4)18-23(26)28(5,6)7)21-16-19(12-14-25(29)30)11-13-24(21)31-8/h11-14,16-18H,9-10,15H2,1-8H3,(H,29,30). The molecule has 0 aliphatic carbocycles. The number of hydrogen-bond acceptors (Lipinski definition) is 3. The highest BCUT2D eigenvalue weighted by Crippen LogP contribution is 2.45. The first-order chi connectivity index (χ1) is 14.9. The summed E-state index contributed by atoms with van der Waals surface area (Å²) in [5.41, 5.74) is 4.86. The van der Waals surface area contributed by atoms with Gasteiger partial charge in [0, 0.05) is 22.8 Å². The first-order valence-electron chi connectivity index (χ1n) is 11.3. The van der Waals surface area contributed by atoms with E-state index in [2.05, 4.69) is 60.6 Å². The Balaban J connectivity index is 2.87. The fraction of sp³-hybridized carbons (Fsp3) is 0.464. The van der Waals surface area contributed by atoms with E-state index in [-0.39, 0.29) is 10.8 Å². The van der Waals surface area contributed by atoms with Crippen LogP contribution in [-0.4, -0.2) is 24.8 Å². The van der Waals surface area contributed by atoms with Crippen molar-refractivity contribution in [3.8, 4) is 22.6 Å². The van der Waals surface area contributed by atoms with Gasteiger partial charge in [-0.3, -0.25) is 0 Å². The van der Waals surface area contributed by atoms with Crippen molar-refractivity contribution in [3.05, 3.63) is 53.1 Å². The molecule has 0 amide bonds. The van der Waals surface area contributed by atoms with Crippen LogP contribution in [0, 0.1) is 0 Å². The van der Waals surface area contributed by atoms with Gasteiger partial charge in [0.15, 0.2) is 0 Å². The molecule has 0 heterocycles. The number of carboxylic acids is 1. The number of aliphatic carboxylic acids is 1. The van der Waals surface area contributed by atoms with E-state index in [4.69, 9.17) is 14.6 Å². The molecule has 0 unspecified atom stereocenters. The summed E-state index contributed by atoms with van der Waals surface area (Å²) in [6.45, 7) is 16.0. The third kappa shape index (κ3) is 6.38. The molecule has 174 valence electrons. The molecule has 4 nitrogen and oxygen atoms in total.